The molecule has 5 aromatic rings. The topological polar surface area (TPSA) is 91.6 Å². The maximum absolute atomic E-state index is 13.9. The van der Waals surface area contributed by atoms with E-state index in [-0.39, 0.29) is 23.9 Å². The Bertz CT molecular complexity index is 1760. The maximum atomic E-state index is 13.9. The third kappa shape index (κ3) is 5.67. The summed E-state index contributed by atoms with van der Waals surface area (Å²) in [7, 11) is -4.04. The highest BCUT2D eigenvalue weighted by Gasteiger charge is 2.28. The highest BCUT2D eigenvalue weighted by molar-refractivity contribution is 7.92. The van der Waals surface area contributed by atoms with Gasteiger partial charge in [-0.05, 0) is 79.7 Å². The molecular weight excluding hydrogens is 569 g/mol. The van der Waals surface area contributed by atoms with Gasteiger partial charge in [0.05, 0.1) is 29.8 Å². The molecule has 0 spiro atoms. The number of aryl methyl sites for hydroxylation is 1. The van der Waals surface area contributed by atoms with Crippen molar-refractivity contribution < 1.29 is 18.3 Å². The highest BCUT2D eigenvalue weighted by atomic mass is 35.5. The van der Waals surface area contributed by atoms with Crippen LogP contribution in [0.25, 0.3) is 21.8 Å². The molecule has 1 atom stereocenters. The van der Waals surface area contributed by atoms with Crippen LogP contribution in [-0.2, 0) is 21.4 Å². The predicted octanol–water partition coefficient (Wildman–Crippen LogP) is 6.62. The molecule has 5 rings (SSSR count). The van der Waals surface area contributed by atoms with Gasteiger partial charge in [-0.2, -0.15) is 0 Å². The van der Waals surface area contributed by atoms with Crippen LogP contribution in [0.5, 0.6) is 0 Å². The van der Waals surface area contributed by atoms with E-state index >= 15 is 0 Å². The zero-order valence-electron chi connectivity index (χ0n) is 21.8. The van der Waals surface area contributed by atoms with Crippen LogP contribution in [0.1, 0.15) is 12.5 Å². The summed E-state index contributed by atoms with van der Waals surface area (Å²) < 4.78 is 30.8. The number of aliphatic hydroxyl groups excluding tert-OH is 1. The van der Waals surface area contributed by atoms with Crippen molar-refractivity contribution in [3.63, 3.8) is 0 Å². The normalized spacial score (nSPS) is 12.5. The Morgan fingerprint density at radius 3 is 1.98 bits per heavy atom. The van der Waals surface area contributed by atoms with Gasteiger partial charge in [0, 0.05) is 44.5 Å². The first kappa shape index (κ1) is 28.0. The Labute approximate surface area is 242 Å². The molecule has 0 aliphatic heterocycles. The number of carbonyl (C=O) groups is 1. The van der Waals surface area contributed by atoms with Crippen molar-refractivity contribution in [2.45, 2.75) is 31.4 Å². The molecule has 0 saturated heterocycles. The van der Waals surface area contributed by atoms with Gasteiger partial charge in [0.15, 0.2) is 0 Å². The summed E-state index contributed by atoms with van der Waals surface area (Å²) in [4.78, 5) is 11.6. The Balaban J connectivity index is 1.53. The molecule has 40 heavy (non-hydrogen) atoms. The van der Waals surface area contributed by atoms with Crippen LogP contribution in [0, 0.1) is 6.92 Å². The first-order chi connectivity index (χ1) is 19.0. The van der Waals surface area contributed by atoms with E-state index in [0.717, 1.165) is 27.4 Å². The van der Waals surface area contributed by atoms with Gasteiger partial charge in [-0.1, -0.05) is 40.9 Å². The lowest BCUT2D eigenvalue weighted by molar-refractivity contribution is -0.114. The number of nitrogens with one attached hydrogen (secondary N) is 1. The van der Waals surface area contributed by atoms with E-state index in [0.29, 0.717) is 21.4 Å². The van der Waals surface area contributed by atoms with E-state index in [1.54, 1.807) is 60.7 Å². The number of amides is 1. The number of nitrogens with zero attached hydrogens (tertiary/aromatic N) is 2. The lowest BCUT2D eigenvalue weighted by Crippen LogP contribution is -2.39. The van der Waals surface area contributed by atoms with Crippen LogP contribution < -0.4 is 9.62 Å². The molecule has 0 bridgehead atoms. The number of sulfonamides is 1. The number of aromatic nitrogens is 1. The second-order valence-corrected chi connectivity index (χ2v) is 12.4. The molecule has 4 aromatic carbocycles. The van der Waals surface area contributed by atoms with Crippen molar-refractivity contribution in [2.75, 3.05) is 16.2 Å². The molecule has 10 heteroatoms. The van der Waals surface area contributed by atoms with Gasteiger partial charge in [0.1, 0.15) is 0 Å². The molecule has 0 fully saturated rings. The standard InChI is InChI=1S/C30H27Cl2N3O4S/c1-19-3-11-26(12-4-19)40(38,39)35(24-9-7-23(8-10-24)33-20(2)36)18-25(37)17-34-29-13-5-21(31)15-27(29)28-16-22(32)6-14-30(28)34/h3-16,25,37H,17-18H2,1-2H3,(H,33,36). The molecule has 1 aromatic heterocycles. The van der Waals surface area contributed by atoms with Gasteiger partial charge >= 0.3 is 0 Å². The molecule has 0 aliphatic carbocycles. The molecule has 7 nitrogen and oxygen atoms in total. The van der Waals surface area contributed by atoms with Crippen LogP contribution in [0.2, 0.25) is 10.0 Å². The number of anilines is 2. The van der Waals surface area contributed by atoms with Crippen LogP contribution in [0.4, 0.5) is 11.4 Å². The zero-order valence-corrected chi connectivity index (χ0v) is 24.1. The van der Waals surface area contributed by atoms with E-state index in [1.165, 1.54) is 11.2 Å². The second-order valence-electron chi connectivity index (χ2n) is 9.66. The van der Waals surface area contributed by atoms with Crippen molar-refractivity contribution in [1.29, 1.82) is 0 Å². The number of carbonyl (C=O) groups excluding carboxylic acids is 1. The van der Waals surface area contributed by atoms with Crippen LogP contribution in [-0.4, -0.2) is 36.6 Å². The third-order valence-electron chi connectivity index (χ3n) is 6.64. The largest absolute Gasteiger partial charge is 0.389 e. The lowest BCUT2D eigenvalue weighted by atomic mass is 10.1. The first-order valence-electron chi connectivity index (χ1n) is 12.5. The van der Waals surface area contributed by atoms with E-state index in [9.17, 15) is 18.3 Å². The minimum Gasteiger partial charge on any atom is -0.389 e. The summed E-state index contributed by atoms with van der Waals surface area (Å²) in [5.41, 5.74) is 3.50. The minimum atomic E-state index is -4.04. The quantitative estimate of drug-likeness (QED) is 0.211. The average Bonchev–Trinajstić information content (AvgIpc) is 3.19. The minimum absolute atomic E-state index is 0.109. The molecule has 1 heterocycles. The smallest absolute Gasteiger partial charge is 0.264 e. The number of hydrogen-bond donors (Lipinski definition) is 2. The number of fused-ring (bicyclic) bond motifs is 3. The van der Waals surface area contributed by atoms with Crippen molar-refractivity contribution in [1.82, 2.24) is 4.57 Å². The summed E-state index contributed by atoms with van der Waals surface area (Å²) >= 11 is 12.6. The number of halogens is 2. The molecular formula is C30H27Cl2N3O4S. The molecule has 206 valence electrons. The summed E-state index contributed by atoms with van der Waals surface area (Å²) in [5.74, 6) is -0.235. The van der Waals surface area contributed by atoms with Crippen LogP contribution >= 0.6 is 23.2 Å². The van der Waals surface area contributed by atoms with E-state index in [1.807, 2.05) is 35.8 Å². The first-order valence-corrected chi connectivity index (χ1v) is 14.7. The molecule has 1 unspecified atom stereocenters. The second kappa shape index (κ2) is 11.1. The number of aliphatic hydroxyl groups is 1. The van der Waals surface area contributed by atoms with E-state index in [2.05, 4.69) is 5.32 Å². The molecule has 0 aliphatic rings. The molecule has 1 amide bonds. The Morgan fingerprint density at radius 2 is 1.45 bits per heavy atom. The third-order valence-corrected chi connectivity index (χ3v) is 8.92. The van der Waals surface area contributed by atoms with Gasteiger partial charge in [0.25, 0.3) is 10.0 Å². The average molecular weight is 597 g/mol. The zero-order chi connectivity index (χ0) is 28.6. The Kier molecular flexibility index (Phi) is 7.79. The Hall–Kier alpha value is -3.56. The summed E-state index contributed by atoms with van der Waals surface area (Å²) in [5, 5.41) is 17.0. The Morgan fingerprint density at radius 1 is 0.900 bits per heavy atom. The van der Waals surface area contributed by atoms with Crippen molar-refractivity contribution >= 4 is 72.3 Å². The van der Waals surface area contributed by atoms with Crippen LogP contribution in [0.15, 0.2) is 89.8 Å². The van der Waals surface area contributed by atoms with Crippen molar-refractivity contribution in [2.24, 2.45) is 0 Å². The van der Waals surface area contributed by atoms with Crippen LogP contribution in [0.3, 0.4) is 0 Å². The van der Waals surface area contributed by atoms with E-state index in [4.69, 9.17) is 23.2 Å². The predicted molar refractivity (Wildman–Crippen MR) is 162 cm³/mol. The summed E-state index contributed by atoms with van der Waals surface area (Å²) in [6, 6.07) is 24.0. The van der Waals surface area contributed by atoms with Crippen molar-refractivity contribution in [3.05, 3.63) is 101 Å². The van der Waals surface area contributed by atoms with Gasteiger partial charge in [-0.3, -0.25) is 9.10 Å². The fraction of sp³-hybridized carbons (Fsp3) is 0.167. The lowest BCUT2D eigenvalue weighted by Gasteiger charge is -2.27. The van der Waals surface area contributed by atoms with Gasteiger partial charge in [0.2, 0.25) is 5.91 Å². The van der Waals surface area contributed by atoms with E-state index < -0.39 is 16.1 Å². The summed E-state index contributed by atoms with van der Waals surface area (Å²) in [6.07, 6.45) is -1.08. The van der Waals surface area contributed by atoms with Gasteiger partial charge < -0.3 is 15.0 Å². The molecule has 2 N–H and O–H groups in total. The number of benzene rings is 4. The number of rotatable bonds is 8. The fourth-order valence-corrected chi connectivity index (χ4v) is 6.65. The SMILES string of the molecule is CC(=O)Nc1ccc(N(CC(O)Cn2c3ccc(Cl)cc3c3cc(Cl)ccc32)S(=O)(=O)c2ccc(C)cc2)cc1. The molecule has 0 saturated carbocycles. The monoisotopic (exact) mass is 595 g/mol. The fourth-order valence-electron chi connectivity index (χ4n) is 4.80. The number of hydrogen-bond acceptors (Lipinski definition) is 4. The van der Waals surface area contributed by atoms with Crippen molar-refractivity contribution in [3.8, 4) is 0 Å². The van der Waals surface area contributed by atoms with Gasteiger partial charge in [-0.15, -0.1) is 0 Å². The summed E-state index contributed by atoms with van der Waals surface area (Å²) in [6.45, 7) is 3.19. The molecule has 0 radical (unpaired) electrons. The highest BCUT2D eigenvalue weighted by Crippen LogP contribution is 2.33. The van der Waals surface area contributed by atoms with Gasteiger partial charge in [-0.25, -0.2) is 8.42 Å². The maximum Gasteiger partial charge on any atom is 0.264 e.